The SMILES string of the molecule is CC1(C)CC(=O)c2ccc(-c3ccccc3O)cc2O1. The number of para-hydroxylation sites is 1. The molecular weight excluding hydrogens is 252 g/mol. The Morgan fingerprint density at radius 1 is 1.10 bits per heavy atom. The van der Waals surface area contributed by atoms with Gasteiger partial charge in [-0.1, -0.05) is 24.3 Å². The summed E-state index contributed by atoms with van der Waals surface area (Å²) >= 11 is 0. The van der Waals surface area contributed by atoms with Crippen LogP contribution >= 0.6 is 0 Å². The zero-order valence-electron chi connectivity index (χ0n) is 11.5. The van der Waals surface area contributed by atoms with E-state index in [1.807, 2.05) is 38.1 Å². The first-order valence-electron chi connectivity index (χ1n) is 6.61. The zero-order valence-corrected chi connectivity index (χ0v) is 11.5. The van der Waals surface area contributed by atoms with Crippen LogP contribution in [-0.4, -0.2) is 16.5 Å². The number of fused-ring (bicyclic) bond motifs is 1. The molecule has 1 aliphatic rings. The summed E-state index contributed by atoms with van der Waals surface area (Å²) in [5.41, 5.74) is 1.70. The molecule has 0 amide bonds. The van der Waals surface area contributed by atoms with E-state index < -0.39 is 5.60 Å². The average Bonchev–Trinajstić information content (AvgIpc) is 2.37. The zero-order chi connectivity index (χ0) is 14.3. The fourth-order valence-electron chi connectivity index (χ4n) is 2.54. The van der Waals surface area contributed by atoms with E-state index in [9.17, 15) is 9.90 Å². The standard InChI is InChI=1S/C17H16O3/c1-17(2)10-15(19)13-8-7-11(9-16(13)20-17)12-5-3-4-6-14(12)18/h3-9,18H,10H2,1-2H3. The highest BCUT2D eigenvalue weighted by Gasteiger charge is 2.32. The summed E-state index contributed by atoms with van der Waals surface area (Å²) in [5.74, 6) is 0.904. The van der Waals surface area contributed by atoms with Crippen LogP contribution in [0.25, 0.3) is 11.1 Å². The lowest BCUT2D eigenvalue weighted by atomic mass is 9.91. The van der Waals surface area contributed by atoms with Crippen molar-refractivity contribution in [2.75, 3.05) is 0 Å². The Labute approximate surface area is 117 Å². The number of aromatic hydroxyl groups is 1. The number of ether oxygens (including phenoxy) is 1. The number of hydrogen-bond donors (Lipinski definition) is 1. The molecule has 3 rings (SSSR count). The lowest BCUT2D eigenvalue weighted by molar-refractivity contribution is 0.0620. The third-order valence-electron chi connectivity index (χ3n) is 3.47. The molecule has 102 valence electrons. The molecule has 1 aliphatic heterocycles. The van der Waals surface area contributed by atoms with Gasteiger partial charge in [0.25, 0.3) is 0 Å². The lowest BCUT2D eigenvalue weighted by Gasteiger charge is -2.31. The Bertz CT molecular complexity index is 686. The van der Waals surface area contributed by atoms with Crippen LogP contribution in [0.1, 0.15) is 30.6 Å². The molecule has 0 saturated carbocycles. The Hall–Kier alpha value is -2.29. The van der Waals surface area contributed by atoms with Gasteiger partial charge in [0, 0.05) is 5.56 Å². The van der Waals surface area contributed by atoms with Gasteiger partial charge < -0.3 is 9.84 Å². The minimum absolute atomic E-state index is 0.0973. The summed E-state index contributed by atoms with van der Waals surface area (Å²) in [6, 6.07) is 12.6. The summed E-state index contributed by atoms with van der Waals surface area (Å²) in [7, 11) is 0. The molecule has 1 N–H and O–H groups in total. The topological polar surface area (TPSA) is 46.5 Å². The van der Waals surface area contributed by atoms with E-state index in [4.69, 9.17) is 4.74 Å². The number of carbonyl (C=O) groups is 1. The molecule has 0 atom stereocenters. The van der Waals surface area contributed by atoms with Crippen molar-refractivity contribution in [2.24, 2.45) is 0 Å². The molecule has 3 nitrogen and oxygen atoms in total. The summed E-state index contributed by atoms with van der Waals surface area (Å²) < 4.78 is 5.89. The molecule has 3 heteroatoms. The quantitative estimate of drug-likeness (QED) is 0.855. The molecular formula is C17H16O3. The normalized spacial score (nSPS) is 16.4. The fraction of sp³-hybridized carbons (Fsp3) is 0.235. The van der Waals surface area contributed by atoms with Crippen LogP contribution in [0.2, 0.25) is 0 Å². The van der Waals surface area contributed by atoms with Crippen LogP contribution in [0.15, 0.2) is 42.5 Å². The third-order valence-corrected chi connectivity index (χ3v) is 3.47. The summed E-state index contributed by atoms with van der Waals surface area (Å²) in [4.78, 5) is 12.1. The van der Waals surface area contributed by atoms with Crippen molar-refractivity contribution in [1.29, 1.82) is 0 Å². The number of ketones is 1. The van der Waals surface area contributed by atoms with Gasteiger partial charge in [-0.3, -0.25) is 4.79 Å². The Balaban J connectivity index is 2.10. The molecule has 0 aromatic heterocycles. The molecule has 0 spiro atoms. The summed E-state index contributed by atoms with van der Waals surface area (Å²) in [5, 5.41) is 9.91. The number of Topliss-reactive ketones (excluding diaryl/α,β-unsaturated/α-hetero) is 1. The first-order valence-corrected chi connectivity index (χ1v) is 6.61. The summed E-state index contributed by atoms with van der Waals surface area (Å²) in [6.07, 6.45) is 0.385. The van der Waals surface area contributed by atoms with Crippen LogP contribution in [0.4, 0.5) is 0 Å². The fourth-order valence-corrected chi connectivity index (χ4v) is 2.54. The number of phenolic OH excluding ortho intramolecular Hbond substituents is 1. The van der Waals surface area contributed by atoms with Crippen LogP contribution in [-0.2, 0) is 0 Å². The minimum Gasteiger partial charge on any atom is -0.507 e. The first kappa shape index (κ1) is 12.7. The number of benzene rings is 2. The first-order chi connectivity index (χ1) is 9.46. The Morgan fingerprint density at radius 3 is 2.60 bits per heavy atom. The lowest BCUT2D eigenvalue weighted by Crippen LogP contribution is -2.35. The van der Waals surface area contributed by atoms with Gasteiger partial charge in [-0.2, -0.15) is 0 Å². The second-order valence-corrected chi connectivity index (χ2v) is 5.69. The second-order valence-electron chi connectivity index (χ2n) is 5.69. The van der Waals surface area contributed by atoms with Crippen molar-refractivity contribution in [3.63, 3.8) is 0 Å². The maximum atomic E-state index is 12.1. The van der Waals surface area contributed by atoms with Gasteiger partial charge in [-0.05, 0) is 37.6 Å². The van der Waals surface area contributed by atoms with Crippen molar-refractivity contribution < 1.29 is 14.6 Å². The number of rotatable bonds is 1. The van der Waals surface area contributed by atoms with Gasteiger partial charge in [0.2, 0.25) is 0 Å². The highest BCUT2D eigenvalue weighted by atomic mass is 16.5. The molecule has 1 heterocycles. The van der Waals surface area contributed by atoms with Gasteiger partial charge in [0.1, 0.15) is 17.1 Å². The molecule has 2 aromatic rings. The highest BCUT2D eigenvalue weighted by Crippen LogP contribution is 2.37. The Morgan fingerprint density at radius 2 is 1.85 bits per heavy atom. The molecule has 0 radical (unpaired) electrons. The largest absolute Gasteiger partial charge is 0.507 e. The minimum atomic E-state index is -0.485. The third kappa shape index (κ3) is 2.16. The second kappa shape index (κ2) is 4.37. The van der Waals surface area contributed by atoms with Crippen LogP contribution in [0.5, 0.6) is 11.5 Å². The van der Waals surface area contributed by atoms with Gasteiger partial charge >= 0.3 is 0 Å². The van der Waals surface area contributed by atoms with E-state index in [-0.39, 0.29) is 11.5 Å². The van der Waals surface area contributed by atoms with Crippen molar-refractivity contribution in [3.05, 3.63) is 48.0 Å². The van der Waals surface area contributed by atoms with Crippen LogP contribution in [0.3, 0.4) is 0 Å². The molecule has 20 heavy (non-hydrogen) atoms. The van der Waals surface area contributed by atoms with Gasteiger partial charge in [-0.25, -0.2) is 0 Å². The van der Waals surface area contributed by atoms with E-state index >= 15 is 0 Å². The Kier molecular flexibility index (Phi) is 2.78. The molecule has 0 bridgehead atoms. The highest BCUT2D eigenvalue weighted by molar-refractivity contribution is 6.01. The summed E-state index contributed by atoms with van der Waals surface area (Å²) in [6.45, 7) is 3.81. The number of hydrogen-bond acceptors (Lipinski definition) is 3. The monoisotopic (exact) mass is 268 g/mol. The maximum Gasteiger partial charge on any atom is 0.170 e. The predicted octanol–water partition coefficient (Wildman–Crippen LogP) is 3.80. The van der Waals surface area contributed by atoms with E-state index in [1.54, 1.807) is 18.2 Å². The van der Waals surface area contributed by atoms with E-state index in [2.05, 4.69) is 0 Å². The van der Waals surface area contributed by atoms with Crippen LogP contribution < -0.4 is 4.74 Å². The number of carbonyl (C=O) groups excluding carboxylic acids is 1. The molecule has 0 aliphatic carbocycles. The van der Waals surface area contributed by atoms with Gasteiger partial charge in [0.05, 0.1) is 12.0 Å². The van der Waals surface area contributed by atoms with Gasteiger partial charge in [0.15, 0.2) is 5.78 Å². The van der Waals surface area contributed by atoms with E-state index in [0.29, 0.717) is 17.7 Å². The number of phenols is 1. The molecule has 0 unspecified atom stereocenters. The van der Waals surface area contributed by atoms with E-state index in [0.717, 1.165) is 11.1 Å². The molecule has 2 aromatic carbocycles. The molecule has 0 saturated heterocycles. The predicted molar refractivity (Wildman–Crippen MR) is 77.2 cm³/mol. The maximum absolute atomic E-state index is 12.1. The smallest absolute Gasteiger partial charge is 0.170 e. The van der Waals surface area contributed by atoms with Crippen molar-refractivity contribution >= 4 is 5.78 Å². The van der Waals surface area contributed by atoms with Crippen molar-refractivity contribution in [1.82, 2.24) is 0 Å². The van der Waals surface area contributed by atoms with Crippen molar-refractivity contribution in [3.8, 4) is 22.6 Å². The van der Waals surface area contributed by atoms with E-state index in [1.165, 1.54) is 0 Å². The van der Waals surface area contributed by atoms with Crippen LogP contribution in [0, 0.1) is 0 Å². The molecule has 0 fully saturated rings. The average molecular weight is 268 g/mol. The van der Waals surface area contributed by atoms with Gasteiger partial charge in [-0.15, -0.1) is 0 Å². The van der Waals surface area contributed by atoms with Crippen molar-refractivity contribution in [2.45, 2.75) is 25.9 Å².